The summed E-state index contributed by atoms with van der Waals surface area (Å²) in [6, 6.07) is 22.1. The van der Waals surface area contributed by atoms with E-state index >= 15 is 0 Å². The molecular weight excluding hydrogens is 240 g/mol. The Morgan fingerprint density at radius 2 is 1.20 bits per heavy atom. The lowest BCUT2D eigenvalue weighted by Crippen LogP contribution is -2.27. The van der Waals surface area contributed by atoms with Gasteiger partial charge in [-0.1, -0.05) is 93.8 Å². The van der Waals surface area contributed by atoms with Crippen molar-refractivity contribution in [2.24, 2.45) is 0 Å². The van der Waals surface area contributed by atoms with Gasteiger partial charge in [-0.3, -0.25) is 0 Å². The Morgan fingerprint density at radius 3 is 1.60 bits per heavy atom. The third-order valence-corrected chi connectivity index (χ3v) is 4.46. The van der Waals surface area contributed by atoms with Crippen LogP contribution in [0.1, 0.15) is 57.1 Å². The predicted octanol–water partition coefficient (Wildman–Crippen LogP) is 5.96. The first-order chi connectivity index (χ1) is 9.83. The van der Waals surface area contributed by atoms with Crippen LogP contribution in [0.3, 0.4) is 0 Å². The van der Waals surface area contributed by atoms with Crippen molar-refractivity contribution in [1.29, 1.82) is 0 Å². The molecule has 0 heterocycles. The Balaban J connectivity index is 2.41. The van der Waals surface area contributed by atoms with Gasteiger partial charge >= 0.3 is 0 Å². The summed E-state index contributed by atoms with van der Waals surface area (Å²) in [5, 5.41) is 0. The molecule has 0 radical (unpaired) electrons. The molecule has 0 atom stereocenters. The van der Waals surface area contributed by atoms with Gasteiger partial charge in [0.1, 0.15) is 0 Å². The fourth-order valence-electron chi connectivity index (χ4n) is 3.23. The van der Waals surface area contributed by atoms with E-state index in [9.17, 15) is 0 Å². The molecule has 2 aromatic rings. The summed E-state index contributed by atoms with van der Waals surface area (Å²) in [7, 11) is 0. The topological polar surface area (TPSA) is 0 Å². The van der Waals surface area contributed by atoms with Gasteiger partial charge in [0, 0.05) is 5.41 Å². The van der Waals surface area contributed by atoms with Crippen molar-refractivity contribution in [3.05, 3.63) is 71.8 Å². The molecule has 0 unspecified atom stereocenters. The second kappa shape index (κ2) is 7.28. The molecule has 106 valence electrons. The van der Waals surface area contributed by atoms with Crippen molar-refractivity contribution in [1.82, 2.24) is 0 Å². The number of hydrogen-bond acceptors (Lipinski definition) is 0. The molecule has 2 rings (SSSR count). The van der Waals surface area contributed by atoms with Gasteiger partial charge in [0.2, 0.25) is 0 Å². The van der Waals surface area contributed by atoms with Crippen LogP contribution >= 0.6 is 0 Å². The molecule has 0 N–H and O–H groups in total. The summed E-state index contributed by atoms with van der Waals surface area (Å²) < 4.78 is 0. The van der Waals surface area contributed by atoms with E-state index in [1.54, 1.807) is 0 Å². The highest BCUT2D eigenvalue weighted by Gasteiger charge is 2.31. The lowest BCUT2D eigenvalue weighted by atomic mass is 9.69. The second-order valence-electron chi connectivity index (χ2n) is 5.62. The highest BCUT2D eigenvalue weighted by atomic mass is 14.3. The number of benzene rings is 2. The van der Waals surface area contributed by atoms with Crippen LogP contribution in [0.15, 0.2) is 60.7 Å². The van der Waals surface area contributed by atoms with Gasteiger partial charge in [0.25, 0.3) is 0 Å². The van der Waals surface area contributed by atoms with Gasteiger partial charge in [0.05, 0.1) is 0 Å². The normalized spacial score (nSPS) is 11.5. The Morgan fingerprint density at radius 1 is 0.700 bits per heavy atom. The molecule has 0 fully saturated rings. The van der Waals surface area contributed by atoms with Crippen molar-refractivity contribution in [2.75, 3.05) is 0 Å². The summed E-state index contributed by atoms with van der Waals surface area (Å²) in [6.07, 6.45) is 6.30. The van der Waals surface area contributed by atoms with Crippen LogP contribution in [-0.2, 0) is 5.41 Å². The van der Waals surface area contributed by atoms with E-state index in [0.717, 1.165) is 6.42 Å². The SMILES string of the molecule is CCCCCC(CC)(c1ccccc1)c1ccccc1. The molecule has 0 amide bonds. The molecule has 20 heavy (non-hydrogen) atoms. The molecule has 0 saturated heterocycles. The number of unbranched alkanes of at least 4 members (excludes halogenated alkanes) is 2. The monoisotopic (exact) mass is 266 g/mol. The zero-order valence-corrected chi connectivity index (χ0v) is 12.8. The van der Waals surface area contributed by atoms with Crippen LogP contribution in [0.5, 0.6) is 0 Å². The van der Waals surface area contributed by atoms with E-state index < -0.39 is 0 Å². The van der Waals surface area contributed by atoms with Crippen LogP contribution in [-0.4, -0.2) is 0 Å². The first-order valence-corrected chi connectivity index (χ1v) is 7.94. The molecule has 0 aromatic heterocycles. The molecule has 0 bridgehead atoms. The quantitative estimate of drug-likeness (QED) is 0.542. The summed E-state index contributed by atoms with van der Waals surface area (Å²) in [5.41, 5.74) is 3.10. The number of rotatable bonds is 7. The maximum atomic E-state index is 2.33. The van der Waals surface area contributed by atoms with E-state index in [0.29, 0.717) is 0 Å². The van der Waals surface area contributed by atoms with Crippen molar-refractivity contribution < 1.29 is 0 Å². The molecule has 2 aromatic carbocycles. The van der Waals surface area contributed by atoms with Crippen molar-refractivity contribution in [3.63, 3.8) is 0 Å². The zero-order chi connectivity index (χ0) is 14.3. The fraction of sp³-hybridized carbons (Fsp3) is 0.400. The smallest absolute Gasteiger partial charge is 0.0200 e. The van der Waals surface area contributed by atoms with Crippen LogP contribution in [0.25, 0.3) is 0 Å². The van der Waals surface area contributed by atoms with E-state index in [-0.39, 0.29) is 5.41 Å². The Bertz CT molecular complexity index is 444. The average Bonchev–Trinajstić information content (AvgIpc) is 2.54. The molecule has 0 aliphatic heterocycles. The van der Waals surface area contributed by atoms with Crippen LogP contribution < -0.4 is 0 Å². The average molecular weight is 266 g/mol. The fourth-order valence-corrected chi connectivity index (χ4v) is 3.23. The first kappa shape index (κ1) is 14.8. The summed E-state index contributed by atoms with van der Waals surface area (Å²) in [6.45, 7) is 4.60. The predicted molar refractivity (Wildman–Crippen MR) is 88.1 cm³/mol. The summed E-state index contributed by atoms with van der Waals surface area (Å²) in [5.74, 6) is 0. The third-order valence-electron chi connectivity index (χ3n) is 4.46. The van der Waals surface area contributed by atoms with E-state index in [2.05, 4.69) is 74.5 Å². The Kier molecular flexibility index (Phi) is 5.40. The van der Waals surface area contributed by atoms with Gasteiger partial charge in [-0.25, -0.2) is 0 Å². The molecular formula is C20H26. The van der Waals surface area contributed by atoms with Crippen LogP contribution in [0.2, 0.25) is 0 Å². The maximum absolute atomic E-state index is 2.33. The minimum absolute atomic E-state index is 0.178. The highest BCUT2D eigenvalue weighted by Crippen LogP contribution is 2.40. The number of hydrogen-bond donors (Lipinski definition) is 0. The molecule has 0 heteroatoms. The standard InChI is InChI=1S/C20H26/c1-3-5-12-17-20(4-2,18-13-8-6-9-14-18)19-15-10-7-11-16-19/h6-11,13-16H,3-5,12,17H2,1-2H3. The molecule has 0 nitrogen and oxygen atoms in total. The lowest BCUT2D eigenvalue weighted by molar-refractivity contribution is 0.431. The highest BCUT2D eigenvalue weighted by molar-refractivity contribution is 5.39. The van der Waals surface area contributed by atoms with Crippen LogP contribution in [0, 0.1) is 0 Å². The molecule has 0 spiro atoms. The van der Waals surface area contributed by atoms with E-state index in [4.69, 9.17) is 0 Å². The first-order valence-electron chi connectivity index (χ1n) is 7.94. The van der Waals surface area contributed by atoms with Gasteiger partial charge in [-0.2, -0.15) is 0 Å². The largest absolute Gasteiger partial charge is 0.0654 e. The molecule has 0 saturated carbocycles. The lowest BCUT2D eigenvalue weighted by Gasteiger charge is -2.34. The van der Waals surface area contributed by atoms with Gasteiger partial charge in [0.15, 0.2) is 0 Å². The Labute approximate surface area is 123 Å². The van der Waals surface area contributed by atoms with Gasteiger partial charge < -0.3 is 0 Å². The minimum atomic E-state index is 0.178. The van der Waals surface area contributed by atoms with Gasteiger partial charge in [-0.05, 0) is 24.0 Å². The van der Waals surface area contributed by atoms with E-state index in [1.807, 2.05) is 0 Å². The van der Waals surface area contributed by atoms with Crippen molar-refractivity contribution in [3.8, 4) is 0 Å². The minimum Gasteiger partial charge on any atom is -0.0654 e. The van der Waals surface area contributed by atoms with Crippen molar-refractivity contribution >= 4 is 0 Å². The molecule has 0 aliphatic rings. The Hall–Kier alpha value is -1.56. The summed E-state index contributed by atoms with van der Waals surface area (Å²) in [4.78, 5) is 0. The van der Waals surface area contributed by atoms with Crippen LogP contribution in [0.4, 0.5) is 0 Å². The summed E-state index contributed by atoms with van der Waals surface area (Å²) >= 11 is 0. The second-order valence-corrected chi connectivity index (χ2v) is 5.62. The molecule has 0 aliphatic carbocycles. The zero-order valence-electron chi connectivity index (χ0n) is 12.8. The van der Waals surface area contributed by atoms with Gasteiger partial charge in [-0.15, -0.1) is 0 Å². The van der Waals surface area contributed by atoms with E-state index in [1.165, 1.54) is 36.8 Å². The maximum Gasteiger partial charge on any atom is 0.0200 e. The van der Waals surface area contributed by atoms with Crippen molar-refractivity contribution in [2.45, 2.75) is 51.4 Å². The third kappa shape index (κ3) is 3.12.